The molecule has 5 nitrogen and oxygen atoms in total. The van der Waals surface area contributed by atoms with Crippen molar-refractivity contribution < 1.29 is 19.4 Å². The molecule has 1 heterocycles. The molecule has 0 aromatic heterocycles. The Balaban J connectivity index is 1.57. The summed E-state index contributed by atoms with van der Waals surface area (Å²) < 4.78 is 11.7. The summed E-state index contributed by atoms with van der Waals surface area (Å²) >= 11 is 0. The number of hydrogen-bond donors (Lipinski definition) is 2. The number of benzene rings is 1. The van der Waals surface area contributed by atoms with Gasteiger partial charge in [0.15, 0.2) is 5.76 Å². The van der Waals surface area contributed by atoms with E-state index in [0.29, 0.717) is 30.7 Å². The molecule has 0 spiro atoms. The first-order valence-corrected chi connectivity index (χ1v) is 9.69. The van der Waals surface area contributed by atoms with Gasteiger partial charge in [-0.25, -0.2) is 0 Å². The molecule has 142 valence electrons. The molecule has 26 heavy (non-hydrogen) atoms. The first-order valence-electron chi connectivity index (χ1n) is 9.69. The van der Waals surface area contributed by atoms with E-state index in [2.05, 4.69) is 5.32 Å². The molecule has 0 bridgehead atoms. The zero-order valence-electron chi connectivity index (χ0n) is 15.2. The topological polar surface area (TPSA) is 67.8 Å². The van der Waals surface area contributed by atoms with Crippen molar-refractivity contribution in [3.05, 3.63) is 47.7 Å². The summed E-state index contributed by atoms with van der Waals surface area (Å²) in [4.78, 5) is 12.6. The van der Waals surface area contributed by atoms with Crippen LogP contribution in [0.4, 0.5) is 0 Å². The summed E-state index contributed by atoms with van der Waals surface area (Å²) in [6.45, 7) is 1.20. The average Bonchev–Trinajstić information content (AvgIpc) is 2.62. The number of carbonyl (C=O) groups is 1. The molecule has 1 aliphatic heterocycles. The molecule has 2 aliphatic rings. The molecule has 1 saturated carbocycles. The van der Waals surface area contributed by atoms with Crippen LogP contribution in [0.1, 0.15) is 44.1 Å². The number of aliphatic hydroxyl groups is 1. The van der Waals surface area contributed by atoms with Gasteiger partial charge in [0.1, 0.15) is 0 Å². The smallest absolute Gasteiger partial charge is 0.286 e. The van der Waals surface area contributed by atoms with Crippen LogP contribution in [0.2, 0.25) is 0 Å². The quantitative estimate of drug-likeness (QED) is 0.665. The van der Waals surface area contributed by atoms with Gasteiger partial charge in [-0.15, -0.1) is 0 Å². The van der Waals surface area contributed by atoms with Crippen molar-refractivity contribution in [2.45, 2.75) is 51.4 Å². The van der Waals surface area contributed by atoms with Crippen molar-refractivity contribution in [3.8, 4) is 0 Å². The predicted molar refractivity (Wildman–Crippen MR) is 99.0 cm³/mol. The van der Waals surface area contributed by atoms with Gasteiger partial charge in [0.25, 0.3) is 5.91 Å². The second-order valence-electron chi connectivity index (χ2n) is 7.14. The third kappa shape index (κ3) is 5.32. The van der Waals surface area contributed by atoms with Gasteiger partial charge in [0.2, 0.25) is 6.29 Å². The fourth-order valence-corrected chi connectivity index (χ4v) is 3.44. The van der Waals surface area contributed by atoms with Crippen molar-refractivity contribution in [1.82, 2.24) is 5.32 Å². The number of amides is 1. The maximum atomic E-state index is 12.6. The van der Waals surface area contributed by atoms with E-state index in [1.807, 2.05) is 36.4 Å². The van der Waals surface area contributed by atoms with Crippen LogP contribution in [0.25, 0.3) is 0 Å². The minimum atomic E-state index is -0.373. The molecule has 2 atom stereocenters. The Bertz CT molecular complexity index is 597. The van der Waals surface area contributed by atoms with Crippen molar-refractivity contribution in [2.75, 3.05) is 13.2 Å². The summed E-state index contributed by atoms with van der Waals surface area (Å²) in [6, 6.07) is 9.85. The van der Waals surface area contributed by atoms with Gasteiger partial charge in [0.05, 0.1) is 6.61 Å². The number of rotatable bonds is 9. The van der Waals surface area contributed by atoms with Gasteiger partial charge in [-0.3, -0.25) is 4.79 Å². The highest BCUT2D eigenvalue weighted by molar-refractivity contribution is 5.91. The van der Waals surface area contributed by atoms with Gasteiger partial charge < -0.3 is 19.9 Å². The lowest BCUT2D eigenvalue weighted by molar-refractivity contribution is -0.152. The Hall–Kier alpha value is -1.85. The number of ether oxygens (including phenoxy) is 2. The summed E-state index contributed by atoms with van der Waals surface area (Å²) in [6.07, 6.45) is 7.66. The Morgan fingerprint density at radius 1 is 1.23 bits per heavy atom. The Labute approximate surface area is 155 Å². The molecule has 5 heteroatoms. The van der Waals surface area contributed by atoms with Crippen LogP contribution in [0, 0.1) is 11.8 Å². The van der Waals surface area contributed by atoms with Crippen LogP contribution in [0.5, 0.6) is 0 Å². The number of unbranched alkanes of at least 4 members (excludes halogenated alkanes) is 1. The van der Waals surface area contributed by atoms with Gasteiger partial charge >= 0.3 is 0 Å². The maximum absolute atomic E-state index is 12.6. The largest absolute Gasteiger partial charge is 0.459 e. The summed E-state index contributed by atoms with van der Waals surface area (Å²) in [5.41, 5.74) is 1.06. The predicted octanol–water partition coefficient (Wildman–Crippen LogP) is 3.14. The Morgan fingerprint density at radius 3 is 2.73 bits per heavy atom. The zero-order chi connectivity index (χ0) is 18.2. The van der Waals surface area contributed by atoms with Crippen molar-refractivity contribution in [3.63, 3.8) is 0 Å². The molecule has 1 aliphatic carbocycles. The van der Waals surface area contributed by atoms with E-state index in [-0.39, 0.29) is 18.8 Å². The van der Waals surface area contributed by atoms with Crippen LogP contribution >= 0.6 is 0 Å². The Morgan fingerprint density at radius 2 is 2.04 bits per heavy atom. The molecule has 3 rings (SSSR count). The fourth-order valence-electron chi connectivity index (χ4n) is 3.44. The molecule has 1 fully saturated rings. The zero-order valence-corrected chi connectivity index (χ0v) is 15.2. The van der Waals surface area contributed by atoms with Gasteiger partial charge in [-0.2, -0.15) is 0 Å². The molecular formula is C21H29NO4. The lowest BCUT2D eigenvalue weighted by Crippen LogP contribution is -2.36. The number of carbonyl (C=O) groups excluding carboxylic acids is 1. The second-order valence-corrected chi connectivity index (χ2v) is 7.14. The van der Waals surface area contributed by atoms with Crippen LogP contribution in [-0.4, -0.2) is 30.5 Å². The lowest BCUT2D eigenvalue weighted by Gasteiger charge is -2.37. The van der Waals surface area contributed by atoms with Crippen LogP contribution in [0.3, 0.4) is 0 Å². The highest BCUT2D eigenvalue weighted by Gasteiger charge is 2.34. The van der Waals surface area contributed by atoms with Gasteiger partial charge in [-0.05, 0) is 49.2 Å². The standard InChI is InChI=1S/C21H29NO4/c23-11-4-5-12-25-20-14-18(17-9-6-10-17)13-19(26-20)21(24)22-15-16-7-2-1-3-8-16/h1-3,7-8,13,17-18,20,23H,4-6,9-12,14-15H2,(H,22,24)/t18-,20+/m0/s1. The summed E-state index contributed by atoms with van der Waals surface area (Å²) in [5.74, 6) is 1.19. The number of nitrogens with one attached hydrogen (secondary N) is 1. The van der Waals surface area contributed by atoms with E-state index < -0.39 is 0 Å². The van der Waals surface area contributed by atoms with Crippen LogP contribution in [0.15, 0.2) is 42.2 Å². The van der Waals surface area contributed by atoms with Crippen molar-refractivity contribution >= 4 is 5.91 Å². The molecule has 1 aromatic carbocycles. The third-order valence-electron chi connectivity index (χ3n) is 5.22. The SMILES string of the molecule is O=C(NCc1ccccc1)C1=C[C@H](C2CCC2)C[C@H](OCCCCO)O1. The second kappa shape index (κ2) is 9.74. The van der Waals surface area contributed by atoms with E-state index in [0.717, 1.165) is 24.8 Å². The highest BCUT2D eigenvalue weighted by atomic mass is 16.7. The first kappa shape index (κ1) is 18.9. The summed E-state index contributed by atoms with van der Waals surface area (Å²) in [5, 5.41) is 11.8. The Kier molecular flexibility index (Phi) is 7.09. The normalized spacial score (nSPS) is 22.9. The molecule has 2 N–H and O–H groups in total. The summed E-state index contributed by atoms with van der Waals surface area (Å²) in [7, 11) is 0. The number of hydrogen-bond acceptors (Lipinski definition) is 4. The lowest BCUT2D eigenvalue weighted by atomic mass is 9.73. The highest BCUT2D eigenvalue weighted by Crippen LogP contribution is 2.39. The van der Waals surface area contributed by atoms with E-state index in [1.54, 1.807) is 0 Å². The molecule has 0 radical (unpaired) electrons. The van der Waals surface area contributed by atoms with E-state index in [1.165, 1.54) is 19.3 Å². The van der Waals surface area contributed by atoms with Crippen molar-refractivity contribution in [2.24, 2.45) is 11.8 Å². The van der Waals surface area contributed by atoms with Crippen molar-refractivity contribution in [1.29, 1.82) is 0 Å². The van der Waals surface area contributed by atoms with Gasteiger partial charge in [-0.1, -0.05) is 36.8 Å². The van der Waals surface area contributed by atoms with E-state index >= 15 is 0 Å². The van der Waals surface area contributed by atoms with E-state index in [4.69, 9.17) is 14.6 Å². The van der Waals surface area contributed by atoms with E-state index in [9.17, 15) is 4.79 Å². The molecule has 0 saturated heterocycles. The molecule has 1 amide bonds. The maximum Gasteiger partial charge on any atom is 0.286 e. The number of allylic oxidation sites excluding steroid dienone is 1. The minimum absolute atomic E-state index is 0.173. The van der Waals surface area contributed by atoms with Crippen LogP contribution < -0.4 is 5.32 Å². The van der Waals surface area contributed by atoms with Gasteiger partial charge in [0, 0.05) is 19.6 Å². The minimum Gasteiger partial charge on any atom is -0.459 e. The third-order valence-corrected chi connectivity index (χ3v) is 5.22. The number of aliphatic hydroxyl groups excluding tert-OH is 1. The average molecular weight is 359 g/mol. The monoisotopic (exact) mass is 359 g/mol. The fraction of sp³-hybridized carbons (Fsp3) is 0.571. The van der Waals surface area contributed by atoms with Crippen LogP contribution in [-0.2, 0) is 20.8 Å². The molecular weight excluding hydrogens is 330 g/mol. The first-order chi connectivity index (χ1) is 12.8. The molecule has 1 aromatic rings. The molecule has 0 unspecified atom stereocenters.